The summed E-state index contributed by atoms with van der Waals surface area (Å²) in [4.78, 5) is 24.0. The van der Waals surface area contributed by atoms with Crippen LogP contribution in [-0.2, 0) is 21.4 Å². The fourth-order valence-corrected chi connectivity index (χ4v) is 5.08. The summed E-state index contributed by atoms with van der Waals surface area (Å²) >= 11 is 0. The van der Waals surface area contributed by atoms with E-state index in [0.29, 0.717) is 18.5 Å². The predicted molar refractivity (Wildman–Crippen MR) is 99.0 cm³/mol. The van der Waals surface area contributed by atoms with Gasteiger partial charge in [-0.15, -0.1) is 0 Å². The minimum Gasteiger partial charge on any atom is -0.360 e. The number of piperidine rings is 1. The summed E-state index contributed by atoms with van der Waals surface area (Å²) in [5.41, 5.74) is 0.108. The van der Waals surface area contributed by atoms with Gasteiger partial charge in [0.1, 0.15) is 10.6 Å². The SMILES string of the molecule is Cc1noc(C)c1S(=O)(=O)N1CCC(C(=O)NCCn2ncccc2=O)CC1. The molecule has 1 aliphatic heterocycles. The maximum absolute atomic E-state index is 12.8. The highest BCUT2D eigenvalue weighted by Crippen LogP contribution is 2.27. The van der Waals surface area contributed by atoms with E-state index in [-0.39, 0.29) is 54.2 Å². The van der Waals surface area contributed by atoms with Crippen molar-refractivity contribution in [1.29, 1.82) is 0 Å². The van der Waals surface area contributed by atoms with Crippen LogP contribution in [0.25, 0.3) is 0 Å². The zero-order valence-corrected chi connectivity index (χ0v) is 16.6. The van der Waals surface area contributed by atoms with E-state index in [1.165, 1.54) is 21.3 Å². The van der Waals surface area contributed by atoms with Gasteiger partial charge in [0.2, 0.25) is 15.9 Å². The number of aryl methyl sites for hydroxylation is 2. The summed E-state index contributed by atoms with van der Waals surface area (Å²) < 4.78 is 33.2. The highest BCUT2D eigenvalue weighted by molar-refractivity contribution is 7.89. The molecule has 3 rings (SSSR count). The summed E-state index contributed by atoms with van der Waals surface area (Å²) in [7, 11) is -3.69. The molecular weight excluding hydrogens is 386 g/mol. The van der Waals surface area contributed by atoms with Crippen molar-refractivity contribution in [2.24, 2.45) is 5.92 Å². The number of aromatic nitrogens is 3. The van der Waals surface area contributed by atoms with E-state index in [4.69, 9.17) is 4.52 Å². The van der Waals surface area contributed by atoms with Crippen molar-refractivity contribution in [2.45, 2.75) is 38.1 Å². The minimum atomic E-state index is -3.69. The monoisotopic (exact) mass is 409 g/mol. The Hall–Kier alpha value is -2.53. The third-order valence-corrected chi connectivity index (χ3v) is 6.94. The van der Waals surface area contributed by atoms with E-state index in [1.54, 1.807) is 19.9 Å². The standard InChI is InChI=1S/C17H23N5O5S/c1-12-16(13(2)27-20-12)28(25,26)21-9-5-14(6-10-21)17(24)18-8-11-22-15(23)4-3-7-19-22/h3-4,7,14H,5-6,8-11H2,1-2H3,(H,18,24). The van der Waals surface area contributed by atoms with E-state index in [2.05, 4.69) is 15.6 Å². The maximum Gasteiger partial charge on any atom is 0.266 e. The van der Waals surface area contributed by atoms with E-state index in [0.717, 1.165) is 0 Å². The van der Waals surface area contributed by atoms with Gasteiger partial charge >= 0.3 is 0 Å². The Morgan fingerprint density at radius 1 is 1.32 bits per heavy atom. The number of rotatable bonds is 6. The van der Waals surface area contributed by atoms with Crippen molar-refractivity contribution in [3.05, 3.63) is 40.1 Å². The first-order valence-corrected chi connectivity index (χ1v) is 10.5. The van der Waals surface area contributed by atoms with Crippen LogP contribution in [0.3, 0.4) is 0 Å². The number of sulfonamides is 1. The third kappa shape index (κ3) is 4.14. The van der Waals surface area contributed by atoms with Gasteiger partial charge in [-0.25, -0.2) is 13.1 Å². The summed E-state index contributed by atoms with van der Waals surface area (Å²) in [5, 5.41) is 10.4. The molecule has 0 atom stereocenters. The first-order valence-electron chi connectivity index (χ1n) is 9.03. The fraction of sp³-hybridized carbons (Fsp3) is 0.529. The van der Waals surface area contributed by atoms with Crippen LogP contribution < -0.4 is 10.9 Å². The number of nitrogens with zero attached hydrogens (tertiary/aromatic N) is 4. The normalized spacial score (nSPS) is 16.2. The Balaban J connectivity index is 1.53. The fourth-order valence-electron chi connectivity index (χ4n) is 3.31. The van der Waals surface area contributed by atoms with Crippen LogP contribution >= 0.6 is 0 Å². The largest absolute Gasteiger partial charge is 0.360 e. The molecule has 0 radical (unpaired) electrons. The van der Waals surface area contributed by atoms with Gasteiger partial charge in [0.25, 0.3) is 5.56 Å². The molecule has 2 aromatic heterocycles. The second-order valence-electron chi connectivity index (χ2n) is 6.71. The van der Waals surface area contributed by atoms with Gasteiger partial charge in [0, 0.05) is 37.8 Å². The Bertz CT molecular complexity index is 985. The quantitative estimate of drug-likeness (QED) is 0.715. The second-order valence-corrected chi connectivity index (χ2v) is 8.58. The number of nitrogens with one attached hydrogen (secondary N) is 1. The van der Waals surface area contributed by atoms with Gasteiger partial charge in [-0.3, -0.25) is 9.59 Å². The van der Waals surface area contributed by atoms with Crippen LogP contribution in [-0.4, -0.2) is 53.2 Å². The van der Waals surface area contributed by atoms with Crippen molar-refractivity contribution in [1.82, 2.24) is 24.6 Å². The van der Waals surface area contributed by atoms with Crippen molar-refractivity contribution in [3.8, 4) is 0 Å². The Kier molecular flexibility index (Phi) is 5.94. The third-order valence-electron chi connectivity index (χ3n) is 4.80. The minimum absolute atomic E-state index is 0.108. The summed E-state index contributed by atoms with van der Waals surface area (Å²) in [6, 6.07) is 2.96. The van der Waals surface area contributed by atoms with Crippen molar-refractivity contribution < 1.29 is 17.7 Å². The lowest BCUT2D eigenvalue weighted by molar-refractivity contribution is -0.126. The molecule has 1 fully saturated rings. The van der Waals surface area contributed by atoms with E-state index in [1.807, 2.05) is 0 Å². The van der Waals surface area contributed by atoms with Crippen molar-refractivity contribution in [2.75, 3.05) is 19.6 Å². The first-order chi connectivity index (χ1) is 13.3. The molecule has 28 heavy (non-hydrogen) atoms. The molecule has 3 heterocycles. The zero-order chi connectivity index (χ0) is 20.3. The molecule has 11 heteroatoms. The summed E-state index contributed by atoms with van der Waals surface area (Å²) in [6.07, 6.45) is 2.37. The molecule has 1 aliphatic rings. The number of amides is 1. The van der Waals surface area contributed by atoms with E-state index in [9.17, 15) is 18.0 Å². The van der Waals surface area contributed by atoms with E-state index >= 15 is 0 Å². The molecule has 1 N–H and O–H groups in total. The molecule has 1 amide bonds. The van der Waals surface area contributed by atoms with Gasteiger partial charge in [0.05, 0.1) is 6.54 Å². The molecular formula is C17H23N5O5S. The predicted octanol–water partition coefficient (Wildman–Crippen LogP) is 0.0652. The maximum atomic E-state index is 12.8. The van der Waals surface area contributed by atoms with Crippen LogP contribution in [0.5, 0.6) is 0 Å². The average Bonchev–Trinajstić information content (AvgIpc) is 3.02. The molecule has 152 valence electrons. The lowest BCUT2D eigenvalue weighted by atomic mass is 9.97. The molecule has 2 aromatic rings. The Morgan fingerprint density at radius 2 is 2.04 bits per heavy atom. The lowest BCUT2D eigenvalue weighted by Crippen LogP contribution is -2.43. The van der Waals surface area contributed by atoms with Gasteiger partial charge in [-0.1, -0.05) is 5.16 Å². The topological polar surface area (TPSA) is 127 Å². The molecule has 10 nitrogen and oxygen atoms in total. The smallest absolute Gasteiger partial charge is 0.266 e. The van der Waals surface area contributed by atoms with Crippen LogP contribution in [0.1, 0.15) is 24.3 Å². The van der Waals surface area contributed by atoms with Crippen LogP contribution in [0, 0.1) is 19.8 Å². The van der Waals surface area contributed by atoms with Gasteiger partial charge < -0.3 is 9.84 Å². The second kappa shape index (κ2) is 8.23. The molecule has 0 unspecified atom stereocenters. The van der Waals surface area contributed by atoms with Gasteiger partial charge in [0.15, 0.2) is 5.76 Å². The molecule has 0 spiro atoms. The molecule has 1 saturated heterocycles. The van der Waals surface area contributed by atoms with Gasteiger partial charge in [-0.2, -0.15) is 9.40 Å². The molecule has 0 aromatic carbocycles. The van der Waals surface area contributed by atoms with Gasteiger partial charge in [-0.05, 0) is 32.8 Å². The number of hydrogen-bond donors (Lipinski definition) is 1. The molecule has 0 aliphatic carbocycles. The number of carbonyl (C=O) groups is 1. The van der Waals surface area contributed by atoms with Crippen LogP contribution in [0.15, 0.2) is 32.5 Å². The van der Waals surface area contributed by atoms with Crippen LogP contribution in [0.4, 0.5) is 0 Å². The zero-order valence-electron chi connectivity index (χ0n) is 15.8. The lowest BCUT2D eigenvalue weighted by Gasteiger charge is -2.30. The average molecular weight is 409 g/mol. The number of carbonyl (C=O) groups excluding carboxylic acids is 1. The highest BCUT2D eigenvalue weighted by Gasteiger charge is 2.35. The highest BCUT2D eigenvalue weighted by atomic mass is 32.2. The first kappa shape index (κ1) is 20.2. The molecule has 0 bridgehead atoms. The van der Waals surface area contributed by atoms with Crippen LogP contribution in [0.2, 0.25) is 0 Å². The van der Waals surface area contributed by atoms with E-state index < -0.39 is 10.0 Å². The van der Waals surface area contributed by atoms with Crippen molar-refractivity contribution in [3.63, 3.8) is 0 Å². The molecule has 0 saturated carbocycles. The Morgan fingerprint density at radius 3 is 2.64 bits per heavy atom. The Labute approximate surface area is 162 Å². The number of hydrogen-bond acceptors (Lipinski definition) is 7. The summed E-state index contributed by atoms with van der Waals surface area (Å²) in [5.74, 6) is -0.142. The summed E-state index contributed by atoms with van der Waals surface area (Å²) in [6.45, 7) is 4.24. The van der Waals surface area contributed by atoms with Crippen molar-refractivity contribution >= 4 is 15.9 Å².